The Morgan fingerprint density at radius 2 is 1.82 bits per heavy atom. The molecule has 0 aliphatic heterocycles. The predicted molar refractivity (Wildman–Crippen MR) is 68.6 cm³/mol. The summed E-state index contributed by atoms with van der Waals surface area (Å²) in [6.45, 7) is 1.16. The lowest BCUT2D eigenvalue weighted by atomic mass is 10.0. The van der Waals surface area contributed by atoms with E-state index in [1.54, 1.807) is 0 Å². The van der Waals surface area contributed by atoms with Crippen LogP contribution in [0.3, 0.4) is 0 Å². The summed E-state index contributed by atoms with van der Waals surface area (Å²) in [7, 11) is 0. The summed E-state index contributed by atoms with van der Waals surface area (Å²) < 4.78 is 0. The molecule has 4 nitrogen and oxygen atoms in total. The molecule has 0 unspecified atom stereocenters. The summed E-state index contributed by atoms with van der Waals surface area (Å²) in [5.41, 5.74) is 4.77. The molecule has 0 spiro atoms. The first kappa shape index (κ1) is 14.5. The summed E-state index contributed by atoms with van der Waals surface area (Å²) in [6.07, 6.45) is 8.50. The fraction of sp³-hybridized carbons (Fsp3) is 0.923. The van der Waals surface area contributed by atoms with E-state index in [0.29, 0.717) is 13.0 Å². The number of rotatable bonds is 8. The molecule has 0 radical (unpaired) electrons. The van der Waals surface area contributed by atoms with Gasteiger partial charge in [-0.1, -0.05) is 25.7 Å². The van der Waals surface area contributed by atoms with E-state index in [4.69, 9.17) is 5.73 Å². The van der Waals surface area contributed by atoms with Crippen molar-refractivity contribution in [2.24, 2.45) is 5.73 Å². The number of nitrogens with two attached hydrogens (primary N) is 1. The third kappa shape index (κ3) is 6.03. The van der Waals surface area contributed by atoms with Crippen LogP contribution in [0.1, 0.15) is 57.8 Å². The largest absolute Gasteiger partial charge is 0.388 e. The first-order valence-electron chi connectivity index (χ1n) is 6.85. The van der Waals surface area contributed by atoms with Crippen LogP contribution in [-0.2, 0) is 4.79 Å². The van der Waals surface area contributed by atoms with Crippen molar-refractivity contribution in [3.63, 3.8) is 0 Å². The number of nitrogens with one attached hydrogen (secondary N) is 1. The van der Waals surface area contributed by atoms with E-state index in [1.807, 2.05) is 0 Å². The fourth-order valence-electron chi connectivity index (χ4n) is 2.34. The second-order valence-electron chi connectivity index (χ2n) is 5.16. The second-order valence-corrected chi connectivity index (χ2v) is 5.16. The molecular weight excluding hydrogens is 216 g/mol. The lowest BCUT2D eigenvalue weighted by Gasteiger charge is -2.22. The van der Waals surface area contributed by atoms with Crippen LogP contribution in [0.2, 0.25) is 0 Å². The molecule has 4 N–H and O–H groups in total. The van der Waals surface area contributed by atoms with Crippen LogP contribution < -0.4 is 11.1 Å². The van der Waals surface area contributed by atoms with Gasteiger partial charge < -0.3 is 16.2 Å². The Hall–Kier alpha value is -0.610. The molecule has 0 atom stereocenters. The number of carbonyl (C=O) groups is 1. The molecule has 1 amide bonds. The fourth-order valence-corrected chi connectivity index (χ4v) is 2.34. The van der Waals surface area contributed by atoms with Crippen molar-refractivity contribution in [3.8, 4) is 0 Å². The lowest BCUT2D eigenvalue weighted by Crippen LogP contribution is -2.40. The standard InChI is InChI=1S/C13H26N2O2/c14-10-6-2-1-3-7-12(16)15-11-13(17)8-4-5-9-13/h17H,1-11,14H2,(H,15,16). The van der Waals surface area contributed by atoms with Gasteiger partial charge in [0.15, 0.2) is 0 Å². The third-order valence-corrected chi connectivity index (χ3v) is 3.51. The monoisotopic (exact) mass is 242 g/mol. The van der Waals surface area contributed by atoms with E-state index in [0.717, 1.165) is 57.9 Å². The van der Waals surface area contributed by atoms with Crippen molar-refractivity contribution in [1.82, 2.24) is 5.32 Å². The molecule has 0 aromatic rings. The van der Waals surface area contributed by atoms with Crippen molar-refractivity contribution in [3.05, 3.63) is 0 Å². The SMILES string of the molecule is NCCCCCCC(=O)NCC1(O)CCCC1. The number of hydrogen-bond donors (Lipinski definition) is 3. The zero-order chi connectivity index (χ0) is 12.6. The average molecular weight is 242 g/mol. The van der Waals surface area contributed by atoms with E-state index in [2.05, 4.69) is 5.32 Å². The second kappa shape index (κ2) is 7.67. The molecule has 1 rings (SSSR count). The molecule has 17 heavy (non-hydrogen) atoms. The van der Waals surface area contributed by atoms with E-state index in [1.165, 1.54) is 0 Å². The van der Waals surface area contributed by atoms with Gasteiger partial charge in [-0.3, -0.25) is 4.79 Å². The Morgan fingerprint density at radius 3 is 2.47 bits per heavy atom. The minimum absolute atomic E-state index is 0.0677. The smallest absolute Gasteiger partial charge is 0.220 e. The molecule has 1 aliphatic carbocycles. The lowest BCUT2D eigenvalue weighted by molar-refractivity contribution is -0.122. The molecule has 0 aromatic heterocycles. The highest BCUT2D eigenvalue weighted by molar-refractivity contribution is 5.75. The first-order valence-corrected chi connectivity index (χ1v) is 6.85. The molecule has 0 heterocycles. The maximum atomic E-state index is 11.5. The van der Waals surface area contributed by atoms with Gasteiger partial charge in [-0.15, -0.1) is 0 Å². The van der Waals surface area contributed by atoms with Crippen molar-refractivity contribution < 1.29 is 9.90 Å². The van der Waals surface area contributed by atoms with Gasteiger partial charge >= 0.3 is 0 Å². The minimum atomic E-state index is -0.630. The number of aliphatic hydroxyl groups is 1. The van der Waals surface area contributed by atoms with Crippen LogP contribution in [0.25, 0.3) is 0 Å². The van der Waals surface area contributed by atoms with E-state index >= 15 is 0 Å². The summed E-state index contributed by atoms with van der Waals surface area (Å²) in [5, 5.41) is 12.9. The number of carbonyl (C=O) groups excluding carboxylic acids is 1. The molecule has 0 saturated heterocycles. The molecule has 0 bridgehead atoms. The maximum absolute atomic E-state index is 11.5. The Kier molecular flexibility index (Phi) is 6.52. The van der Waals surface area contributed by atoms with E-state index in [-0.39, 0.29) is 5.91 Å². The van der Waals surface area contributed by atoms with E-state index < -0.39 is 5.60 Å². The minimum Gasteiger partial charge on any atom is -0.388 e. The molecule has 4 heteroatoms. The van der Waals surface area contributed by atoms with Crippen LogP contribution in [0.5, 0.6) is 0 Å². The van der Waals surface area contributed by atoms with Crippen molar-refractivity contribution in [2.75, 3.05) is 13.1 Å². The van der Waals surface area contributed by atoms with Crippen LogP contribution in [-0.4, -0.2) is 29.7 Å². The highest BCUT2D eigenvalue weighted by atomic mass is 16.3. The van der Waals surface area contributed by atoms with Crippen molar-refractivity contribution in [2.45, 2.75) is 63.4 Å². The number of unbranched alkanes of at least 4 members (excludes halogenated alkanes) is 3. The maximum Gasteiger partial charge on any atom is 0.220 e. The van der Waals surface area contributed by atoms with Crippen LogP contribution in [0.15, 0.2) is 0 Å². The molecule has 0 aromatic carbocycles. The van der Waals surface area contributed by atoms with Gasteiger partial charge in [0.05, 0.1) is 5.60 Å². The molecular formula is C13H26N2O2. The summed E-state index contributed by atoms with van der Waals surface area (Å²) in [6, 6.07) is 0. The van der Waals surface area contributed by atoms with Gasteiger partial charge in [-0.25, -0.2) is 0 Å². The molecule has 1 fully saturated rings. The number of hydrogen-bond acceptors (Lipinski definition) is 3. The van der Waals surface area contributed by atoms with Crippen molar-refractivity contribution >= 4 is 5.91 Å². The van der Waals surface area contributed by atoms with Crippen LogP contribution in [0, 0.1) is 0 Å². The molecule has 100 valence electrons. The van der Waals surface area contributed by atoms with Gasteiger partial charge in [-0.2, -0.15) is 0 Å². The topological polar surface area (TPSA) is 75.4 Å². The number of amides is 1. The predicted octanol–water partition coefficient (Wildman–Crippen LogP) is 1.32. The zero-order valence-electron chi connectivity index (χ0n) is 10.7. The Balaban J connectivity index is 2.01. The van der Waals surface area contributed by atoms with Gasteiger partial charge in [0.2, 0.25) is 5.91 Å². The highest BCUT2D eigenvalue weighted by Crippen LogP contribution is 2.28. The Bertz CT molecular complexity index is 225. The van der Waals surface area contributed by atoms with E-state index in [9.17, 15) is 9.90 Å². The molecule has 1 saturated carbocycles. The summed E-state index contributed by atoms with van der Waals surface area (Å²) >= 11 is 0. The van der Waals surface area contributed by atoms with Crippen LogP contribution >= 0.6 is 0 Å². The Morgan fingerprint density at radius 1 is 1.18 bits per heavy atom. The Labute approximate surface area is 104 Å². The highest BCUT2D eigenvalue weighted by Gasteiger charge is 2.31. The van der Waals surface area contributed by atoms with Crippen molar-refractivity contribution in [1.29, 1.82) is 0 Å². The van der Waals surface area contributed by atoms with Gasteiger partial charge in [0.1, 0.15) is 0 Å². The zero-order valence-corrected chi connectivity index (χ0v) is 10.7. The third-order valence-electron chi connectivity index (χ3n) is 3.51. The van der Waals surface area contributed by atoms with Gasteiger partial charge in [0, 0.05) is 13.0 Å². The summed E-state index contributed by atoms with van der Waals surface area (Å²) in [4.78, 5) is 11.5. The summed E-state index contributed by atoms with van der Waals surface area (Å²) in [5.74, 6) is 0.0677. The average Bonchev–Trinajstić information content (AvgIpc) is 2.74. The molecule has 1 aliphatic rings. The van der Waals surface area contributed by atoms with Gasteiger partial charge in [-0.05, 0) is 32.2 Å². The first-order chi connectivity index (χ1) is 8.16. The van der Waals surface area contributed by atoms with Crippen LogP contribution in [0.4, 0.5) is 0 Å². The van der Waals surface area contributed by atoms with Gasteiger partial charge in [0.25, 0.3) is 0 Å². The normalized spacial score (nSPS) is 18.2. The quantitative estimate of drug-likeness (QED) is 0.562.